The standard InChI is InChI=1S/C13H18ClNO3S/c1-9-11(8-16)6-12(14)7-13(9)19(17,18)15-5-4-10-2-3-10/h6-7,10,15-16H,2-5,8H2,1H3. The molecule has 0 heterocycles. The van der Waals surface area contributed by atoms with Gasteiger partial charge in [-0.25, -0.2) is 13.1 Å². The Kier molecular flexibility index (Phi) is 4.50. The smallest absolute Gasteiger partial charge is 0.240 e. The molecule has 1 aliphatic carbocycles. The second-order valence-electron chi connectivity index (χ2n) is 4.98. The van der Waals surface area contributed by atoms with Gasteiger partial charge in [-0.05, 0) is 42.5 Å². The second-order valence-corrected chi connectivity index (χ2v) is 7.15. The molecule has 0 amide bonds. The van der Waals surface area contributed by atoms with E-state index in [-0.39, 0.29) is 11.5 Å². The summed E-state index contributed by atoms with van der Waals surface area (Å²) in [5.41, 5.74) is 1.08. The predicted molar refractivity (Wildman–Crippen MR) is 74.6 cm³/mol. The first-order valence-corrected chi connectivity index (χ1v) is 8.19. The van der Waals surface area contributed by atoms with Crippen molar-refractivity contribution >= 4 is 21.6 Å². The number of hydrogen-bond donors (Lipinski definition) is 2. The summed E-state index contributed by atoms with van der Waals surface area (Å²) in [5.74, 6) is 0.677. The maximum absolute atomic E-state index is 12.2. The van der Waals surface area contributed by atoms with Gasteiger partial charge in [-0.3, -0.25) is 0 Å². The summed E-state index contributed by atoms with van der Waals surface area (Å²) >= 11 is 5.90. The number of aliphatic hydroxyl groups is 1. The van der Waals surface area contributed by atoms with Crippen LogP contribution in [0.5, 0.6) is 0 Å². The molecule has 0 aromatic heterocycles. The fraction of sp³-hybridized carbons (Fsp3) is 0.538. The van der Waals surface area contributed by atoms with E-state index in [2.05, 4.69) is 4.72 Å². The fourth-order valence-electron chi connectivity index (χ4n) is 2.03. The Morgan fingerprint density at radius 3 is 2.68 bits per heavy atom. The van der Waals surface area contributed by atoms with Crippen molar-refractivity contribution in [2.24, 2.45) is 5.92 Å². The van der Waals surface area contributed by atoms with Crippen LogP contribution in [0.25, 0.3) is 0 Å². The van der Waals surface area contributed by atoms with Crippen molar-refractivity contribution in [3.05, 3.63) is 28.3 Å². The van der Waals surface area contributed by atoms with Gasteiger partial charge in [-0.2, -0.15) is 0 Å². The van der Waals surface area contributed by atoms with E-state index in [1.54, 1.807) is 13.0 Å². The molecule has 6 heteroatoms. The molecular formula is C13H18ClNO3S. The van der Waals surface area contributed by atoms with Gasteiger partial charge in [0.05, 0.1) is 11.5 Å². The topological polar surface area (TPSA) is 66.4 Å². The van der Waals surface area contributed by atoms with Gasteiger partial charge in [0.15, 0.2) is 0 Å². The number of aliphatic hydroxyl groups excluding tert-OH is 1. The zero-order valence-electron chi connectivity index (χ0n) is 10.8. The highest BCUT2D eigenvalue weighted by Gasteiger charge is 2.23. The monoisotopic (exact) mass is 303 g/mol. The molecule has 2 rings (SSSR count). The molecule has 19 heavy (non-hydrogen) atoms. The minimum Gasteiger partial charge on any atom is -0.392 e. The Morgan fingerprint density at radius 1 is 1.42 bits per heavy atom. The minimum atomic E-state index is -3.56. The molecule has 1 aromatic carbocycles. The molecule has 4 nitrogen and oxygen atoms in total. The van der Waals surface area contributed by atoms with Crippen molar-refractivity contribution in [1.29, 1.82) is 0 Å². The van der Waals surface area contributed by atoms with Gasteiger partial charge in [-0.1, -0.05) is 24.4 Å². The second kappa shape index (κ2) is 5.79. The van der Waals surface area contributed by atoms with Crippen LogP contribution in [-0.2, 0) is 16.6 Å². The maximum Gasteiger partial charge on any atom is 0.240 e. The Bertz CT molecular complexity index is 567. The quantitative estimate of drug-likeness (QED) is 0.847. The van der Waals surface area contributed by atoms with Crippen molar-refractivity contribution in [2.75, 3.05) is 6.54 Å². The minimum absolute atomic E-state index is 0.153. The van der Waals surface area contributed by atoms with E-state index in [4.69, 9.17) is 11.6 Å². The Labute approximate surface area is 118 Å². The molecule has 0 bridgehead atoms. The highest BCUT2D eigenvalue weighted by Crippen LogP contribution is 2.32. The van der Waals surface area contributed by atoms with Crippen molar-refractivity contribution in [2.45, 2.75) is 37.7 Å². The van der Waals surface area contributed by atoms with Crippen molar-refractivity contribution in [3.63, 3.8) is 0 Å². The molecule has 2 N–H and O–H groups in total. The van der Waals surface area contributed by atoms with Crippen molar-refractivity contribution in [3.8, 4) is 0 Å². The molecule has 0 aliphatic heterocycles. The number of sulfonamides is 1. The molecule has 1 aromatic rings. The number of hydrogen-bond acceptors (Lipinski definition) is 3. The van der Waals surface area contributed by atoms with Crippen LogP contribution in [0.15, 0.2) is 17.0 Å². The maximum atomic E-state index is 12.2. The van der Waals surface area contributed by atoms with Gasteiger partial charge < -0.3 is 5.11 Å². The van der Waals surface area contributed by atoms with E-state index in [9.17, 15) is 13.5 Å². The van der Waals surface area contributed by atoms with E-state index in [0.717, 1.165) is 6.42 Å². The number of halogens is 1. The van der Waals surface area contributed by atoms with Crippen LogP contribution in [0.1, 0.15) is 30.4 Å². The largest absolute Gasteiger partial charge is 0.392 e. The predicted octanol–water partition coefficient (Wildman–Crippen LogP) is 2.22. The van der Waals surface area contributed by atoms with Gasteiger partial charge in [0.2, 0.25) is 10.0 Å². The highest BCUT2D eigenvalue weighted by molar-refractivity contribution is 7.89. The van der Waals surface area contributed by atoms with Crippen LogP contribution in [0.2, 0.25) is 5.02 Å². The van der Waals surface area contributed by atoms with Crippen molar-refractivity contribution < 1.29 is 13.5 Å². The summed E-state index contributed by atoms with van der Waals surface area (Å²) in [6.07, 6.45) is 3.28. The summed E-state index contributed by atoms with van der Waals surface area (Å²) < 4.78 is 27.0. The van der Waals surface area contributed by atoms with E-state index in [1.807, 2.05) is 0 Å². The van der Waals surface area contributed by atoms with Crippen LogP contribution in [0, 0.1) is 12.8 Å². The Hall–Kier alpha value is -0.620. The first-order chi connectivity index (χ1) is 8.94. The van der Waals surface area contributed by atoms with Gasteiger partial charge >= 0.3 is 0 Å². The molecule has 0 unspecified atom stereocenters. The molecule has 1 saturated carbocycles. The van der Waals surface area contributed by atoms with Gasteiger partial charge in [0, 0.05) is 11.6 Å². The lowest BCUT2D eigenvalue weighted by molar-refractivity contribution is 0.280. The Morgan fingerprint density at radius 2 is 2.11 bits per heavy atom. The first-order valence-electron chi connectivity index (χ1n) is 6.33. The zero-order valence-corrected chi connectivity index (χ0v) is 12.4. The molecule has 0 spiro atoms. The van der Waals surface area contributed by atoms with Crippen LogP contribution >= 0.6 is 11.6 Å². The van der Waals surface area contributed by atoms with E-state index in [1.165, 1.54) is 18.9 Å². The average Bonchev–Trinajstić information content (AvgIpc) is 3.15. The molecule has 0 atom stereocenters. The fourth-order valence-corrected chi connectivity index (χ4v) is 3.70. The lowest BCUT2D eigenvalue weighted by Gasteiger charge is -2.12. The summed E-state index contributed by atoms with van der Waals surface area (Å²) in [4.78, 5) is 0.153. The first kappa shape index (κ1) is 14.8. The van der Waals surface area contributed by atoms with Gasteiger partial charge in [0.25, 0.3) is 0 Å². The van der Waals surface area contributed by atoms with Crippen LogP contribution in [0.3, 0.4) is 0 Å². The molecular weight excluding hydrogens is 286 g/mol. The summed E-state index contributed by atoms with van der Waals surface area (Å²) in [5, 5.41) is 9.53. The van der Waals surface area contributed by atoms with Crippen LogP contribution in [0.4, 0.5) is 0 Å². The SMILES string of the molecule is Cc1c(CO)cc(Cl)cc1S(=O)(=O)NCCC1CC1. The molecule has 0 radical (unpaired) electrons. The third-order valence-corrected chi connectivity index (χ3v) is 5.24. The van der Waals surface area contributed by atoms with E-state index < -0.39 is 10.0 Å². The number of rotatable bonds is 6. The number of nitrogens with one attached hydrogen (secondary N) is 1. The van der Waals surface area contributed by atoms with E-state index >= 15 is 0 Å². The highest BCUT2D eigenvalue weighted by atomic mass is 35.5. The van der Waals surface area contributed by atoms with Crippen LogP contribution in [-0.4, -0.2) is 20.1 Å². The normalized spacial score (nSPS) is 15.7. The molecule has 1 aliphatic rings. The summed E-state index contributed by atoms with van der Waals surface area (Å²) in [6.45, 7) is 1.90. The van der Waals surface area contributed by atoms with E-state index in [0.29, 0.717) is 28.6 Å². The molecule has 1 fully saturated rings. The van der Waals surface area contributed by atoms with Crippen LogP contribution < -0.4 is 4.72 Å². The molecule has 0 saturated heterocycles. The lowest BCUT2D eigenvalue weighted by atomic mass is 10.1. The number of benzene rings is 1. The van der Waals surface area contributed by atoms with Crippen molar-refractivity contribution in [1.82, 2.24) is 4.72 Å². The van der Waals surface area contributed by atoms with Gasteiger partial charge in [0.1, 0.15) is 0 Å². The average molecular weight is 304 g/mol. The zero-order chi connectivity index (χ0) is 14.0. The summed E-state index contributed by atoms with van der Waals surface area (Å²) in [6, 6.07) is 3.01. The summed E-state index contributed by atoms with van der Waals surface area (Å²) in [7, 11) is -3.56. The Balaban J connectivity index is 2.20. The third kappa shape index (κ3) is 3.69. The van der Waals surface area contributed by atoms with Gasteiger partial charge in [-0.15, -0.1) is 0 Å². The molecule has 106 valence electrons. The lowest BCUT2D eigenvalue weighted by Crippen LogP contribution is -2.26. The third-order valence-electron chi connectivity index (χ3n) is 3.43.